The van der Waals surface area contributed by atoms with E-state index in [-0.39, 0.29) is 12.0 Å². The maximum atomic E-state index is 12.3. The first-order valence-corrected chi connectivity index (χ1v) is 6.93. The van der Waals surface area contributed by atoms with Crippen LogP contribution in [0.3, 0.4) is 0 Å². The van der Waals surface area contributed by atoms with E-state index in [0.717, 1.165) is 25.7 Å². The van der Waals surface area contributed by atoms with Crippen LogP contribution in [0.5, 0.6) is 0 Å². The van der Waals surface area contributed by atoms with Crippen molar-refractivity contribution in [3.05, 3.63) is 0 Å². The number of hydrogen-bond donors (Lipinski definition) is 1. The molecule has 1 heterocycles. The van der Waals surface area contributed by atoms with Crippen LogP contribution in [-0.4, -0.2) is 40.8 Å². The van der Waals surface area contributed by atoms with Gasteiger partial charge >= 0.3 is 6.18 Å². The smallest absolute Gasteiger partial charge is 0.393 e. The summed E-state index contributed by atoms with van der Waals surface area (Å²) >= 11 is 0. The molecule has 1 saturated heterocycles. The average molecular weight is 279 g/mol. The van der Waals surface area contributed by atoms with Gasteiger partial charge in [0, 0.05) is 18.5 Å². The summed E-state index contributed by atoms with van der Waals surface area (Å²) in [5, 5.41) is 9.91. The summed E-state index contributed by atoms with van der Waals surface area (Å²) < 4.78 is 37.0. The summed E-state index contributed by atoms with van der Waals surface area (Å²) in [6.45, 7) is 0.392. The molecule has 1 aliphatic carbocycles. The van der Waals surface area contributed by atoms with Gasteiger partial charge in [0.25, 0.3) is 0 Å². The van der Waals surface area contributed by atoms with E-state index in [2.05, 4.69) is 0 Å². The highest BCUT2D eigenvalue weighted by Crippen LogP contribution is 2.36. The Kier molecular flexibility index (Phi) is 4.38. The monoisotopic (exact) mass is 279 g/mol. The highest BCUT2D eigenvalue weighted by atomic mass is 19.4. The lowest BCUT2D eigenvalue weighted by molar-refractivity contribution is -0.165. The van der Waals surface area contributed by atoms with Crippen LogP contribution in [0.15, 0.2) is 0 Å². The fraction of sp³-hybridized carbons (Fsp3) is 0.923. The van der Waals surface area contributed by atoms with Crippen LogP contribution in [0, 0.1) is 5.92 Å². The number of halogens is 3. The first-order valence-electron chi connectivity index (χ1n) is 6.93. The van der Waals surface area contributed by atoms with Crippen LogP contribution in [0.4, 0.5) is 13.2 Å². The van der Waals surface area contributed by atoms with E-state index in [1.165, 1.54) is 4.90 Å². The first kappa shape index (κ1) is 14.6. The molecule has 0 radical (unpaired) electrons. The molecule has 3 unspecified atom stereocenters. The van der Waals surface area contributed by atoms with Gasteiger partial charge in [0.2, 0.25) is 5.91 Å². The highest BCUT2D eigenvalue weighted by molar-refractivity contribution is 5.77. The highest BCUT2D eigenvalue weighted by Gasteiger charge is 2.41. The Bertz CT molecular complexity index is 332. The minimum atomic E-state index is -4.45. The van der Waals surface area contributed by atoms with Gasteiger partial charge in [0.15, 0.2) is 0 Å². The zero-order chi connectivity index (χ0) is 14.0. The summed E-state index contributed by atoms with van der Waals surface area (Å²) in [7, 11) is 0. The van der Waals surface area contributed by atoms with Gasteiger partial charge in [0.1, 0.15) is 6.42 Å². The zero-order valence-corrected chi connectivity index (χ0v) is 10.8. The van der Waals surface area contributed by atoms with Gasteiger partial charge in [-0.3, -0.25) is 4.79 Å². The van der Waals surface area contributed by atoms with Crippen molar-refractivity contribution in [1.29, 1.82) is 0 Å². The molecule has 2 fully saturated rings. The summed E-state index contributed by atoms with van der Waals surface area (Å²) in [5.41, 5.74) is 0. The van der Waals surface area contributed by atoms with Gasteiger partial charge in [-0.25, -0.2) is 0 Å². The maximum Gasteiger partial charge on any atom is 0.397 e. The zero-order valence-electron chi connectivity index (χ0n) is 10.8. The topological polar surface area (TPSA) is 40.5 Å². The summed E-state index contributed by atoms with van der Waals surface area (Å²) in [6, 6.07) is -0.207. The Morgan fingerprint density at radius 3 is 2.47 bits per heavy atom. The second kappa shape index (κ2) is 5.69. The number of hydrogen-bond acceptors (Lipinski definition) is 2. The van der Waals surface area contributed by atoms with Crippen molar-refractivity contribution < 1.29 is 23.1 Å². The number of rotatable bonds is 2. The summed E-state index contributed by atoms with van der Waals surface area (Å²) in [6.07, 6.45) is -1.52. The Morgan fingerprint density at radius 1 is 1.16 bits per heavy atom. The molecule has 0 aromatic carbocycles. The van der Waals surface area contributed by atoms with E-state index in [9.17, 15) is 23.1 Å². The van der Waals surface area contributed by atoms with Gasteiger partial charge in [0.05, 0.1) is 6.10 Å². The van der Waals surface area contributed by atoms with Crippen LogP contribution in [0.2, 0.25) is 0 Å². The number of piperidine rings is 1. The van der Waals surface area contributed by atoms with Crippen molar-refractivity contribution in [3.63, 3.8) is 0 Å². The molecule has 0 aromatic rings. The van der Waals surface area contributed by atoms with Crippen LogP contribution in [-0.2, 0) is 4.79 Å². The molecule has 19 heavy (non-hydrogen) atoms. The molecule has 0 spiro atoms. The number of alkyl halides is 3. The molecule has 110 valence electrons. The molecule has 0 aromatic heterocycles. The van der Waals surface area contributed by atoms with Crippen molar-refractivity contribution in [2.24, 2.45) is 5.92 Å². The van der Waals surface area contributed by atoms with Gasteiger partial charge in [-0.2, -0.15) is 13.2 Å². The van der Waals surface area contributed by atoms with E-state index in [0.29, 0.717) is 19.4 Å². The van der Waals surface area contributed by atoms with E-state index in [4.69, 9.17) is 0 Å². The minimum Gasteiger partial charge on any atom is -0.393 e. The number of carbonyl (C=O) groups is 1. The predicted octanol–water partition coefficient (Wildman–Crippen LogP) is 2.48. The van der Waals surface area contributed by atoms with Crippen molar-refractivity contribution in [1.82, 2.24) is 4.90 Å². The lowest BCUT2D eigenvalue weighted by atomic mass is 9.87. The molecular formula is C13H20F3NO2. The number of nitrogens with zero attached hydrogens (tertiary/aromatic N) is 1. The molecule has 2 aliphatic rings. The molecule has 1 saturated carbocycles. The first-order chi connectivity index (χ1) is 8.88. The van der Waals surface area contributed by atoms with Crippen LogP contribution < -0.4 is 0 Å². The predicted molar refractivity (Wildman–Crippen MR) is 63.4 cm³/mol. The van der Waals surface area contributed by atoms with Gasteiger partial charge in [-0.15, -0.1) is 0 Å². The number of aliphatic hydroxyl groups is 1. The molecule has 0 bridgehead atoms. The van der Waals surface area contributed by atoms with E-state index < -0.39 is 24.6 Å². The molecule has 1 N–H and O–H groups in total. The minimum absolute atomic E-state index is 0.0440. The quantitative estimate of drug-likeness (QED) is 0.843. The summed E-state index contributed by atoms with van der Waals surface area (Å²) in [5.74, 6) is -0.881. The third-order valence-electron chi connectivity index (χ3n) is 4.25. The third kappa shape index (κ3) is 3.61. The average Bonchev–Trinajstić information content (AvgIpc) is 2.73. The molecule has 2 rings (SSSR count). The summed E-state index contributed by atoms with van der Waals surface area (Å²) in [4.78, 5) is 13.2. The van der Waals surface area contributed by atoms with Crippen molar-refractivity contribution in [2.75, 3.05) is 6.54 Å². The van der Waals surface area contributed by atoms with Crippen LogP contribution in [0.1, 0.15) is 44.9 Å². The molecular weight excluding hydrogens is 259 g/mol. The number of likely N-dealkylation sites (tertiary alicyclic amines) is 1. The molecule has 3 atom stereocenters. The largest absolute Gasteiger partial charge is 0.397 e. The van der Waals surface area contributed by atoms with Crippen LogP contribution in [0.25, 0.3) is 0 Å². The normalized spacial score (nSPS) is 32.6. The Hall–Kier alpha value is -0.780. The number of carbonyl (C=O) groups excluding carboxylic acids is 1. The Balaban J connectivity index is 2.05. The lowest BCUT2D eigenvalue weighted by Crippen LogP contribution is -2.50. The fourth-order valence-corrected chi connectivity index (χ4v) is 3.40. The van der Waals surface area contributed by atoms with Crippen LogP contribution >= 0.6 is 0 Å². The SMILES string of the molecule is O=C(CC(F)(F)F)N1CCCCC1C1CCCC1O. The second-order valence-corrected chi connectivity index (χ2v) is 5.60. The van der Waals surface area contributed by atoms with Gasteiger partial charge in [-0.1, -0.05) is 6.42 Å². The number of amides is 1. The number of aliphatic hydroxyl groups excluding tert-OH is 1. The molecule has 6 heteroatoms. The van der Waals surface area contributed by atoms with Crippen molar-refractivity contribution in [2.45, 2.75) is 63.3 Å². The van der Waals surface area contributed by atoms with E-state index in [1.54, 1.807) is 0 Å². The fourth-order valence-electron chi connectivity index (χ4n) is 3.40. The van der Waals surface area contributed by atoms with E-state index >= 15 is 0 Å². The van der Waals surface area contributed by atoms with Crippen molar-refractivity contribution >= 4 is 5.91 Å². The van der Waals surface area contributed by atoms with E-state index in [1.807, 2.05) is 0 Å². The third-order valence-corrected chi connectivity index (χ3v) is 4.25. The van der Waals surface area contributed by atoms with Gasteiger partial charge < -0.3 is 10.0 Å². The lowest BCUT2D eigenvalue weighted by Gasteiger charge is -2.40. The molecule has 3 nitrogen and oxygen atoms in total. The van der Waals surface area contributed by atoms with Crippen molar-refractivity contribution in [3.8, 4) is 0 Å². The standard InChI is InChI=1S/C13H20F3NO2/c14-13(15,16)8-12(19)17-7-2-1-5-10(17)9-4-3-6-11(9)18/h9-11,18H,1-8H2. The second-order valence-electron chi connectivity index (χ2n) is 5.60. The maximum absolute atomic E-state index is 12.3. The Labute approximate surface area is 110 Å². The molecule has 1 aliphatic heterocycles. The Morgan fingerprint density at radius 2 is 1.89 bits per heavy atom. The molecule has 1 amide bonds. The van der Waals surface area contributed by atoms with Gasteiger partial charge in [-0.05, 0) is 32.1 Å².